The molecule has 2 saturated heterocycles. The highest BCUT2D eigenvalue weighted by molar-refractivity contribution is 8.00. The first-order chi connectivity index (χ1) is 10.9. The Morgan fingerprint density at radius 1 is 1.22 bits per heavy atom. The average Bonchev–Trinajstić information content (AvgIpc) is 3.08. The molecule has 0 aromatic carbocycles. The standard InChI is InChI=1S/C15H18F3N3OS/c16-15(17,18)11-3-4-13(19-10-11)20-5-7-21(8-6-20)14(22)12-2-1-9-23-12/h3-4,10,12H,1-2,5-9H2/t12-/m1/s1. The summed E-state index contributed by atoms with van der Waals surface area (Å²) in [6.45, 7) is 2.39. The maximum atomic E-state index is 12.6. The van der Waals surface area contributed by atoms with Crippen molar-refractivity contribution < 1.29 is 18.0 Å². The van der Waals surface area contributed by atoms with Crippen LogP contribution in [0.3, 0.4) is 0 Å². The zero-order valence-corrected chi connectivity index (χ0v) is 13.4. The lowest BCUT2D eigenvalue weighted by Gasteiger charge is -2.36. The van der Waals surface area contributed by atoms with Gasteiger partial charge in [-0.2, -0.15) is 13.2 Å². The number of halogens is 3. The second-order valence-corrected chi connectivity index (χ2v) is 7.03. The van der Waals surface area contributed by atoms with Gasteiger partial charge in [0.05, 0.1) is 10.8 Å². The summed E-state index contributed by atoms with van der Waals surface area (Å²) in [5, 5.41) is 0.0887. The Balaban J connectivity index is 1.57. The van der Waals surface area contributed by atoms with Crippen LogP contribution in [0.4, 0.5) is 19.0 Å². The second-order valence-electron chi connectivity index (χ2n) is 5.72. The number of hydrogen-bond acceptors (Lipinski definition) is 4. The number of carbonyl (C=O) groups excluding carboxylic acids is 1. The third-order valence-corrected chi connectivity index (χ3v) is 5.56. The summed E-state index contributed by atoms with van der Waals surface area (Å²) in [6, 6.07) is 2.45. The minimum Gasteiger partial charge on any atom is -0.353 e. The van der Waals surface area contributed by atoms with Crippen molar-refractivity contribution in [3.05, 3.63) is 23.9 Å². The van der Waals surface area contributed by atoms with Crippen LogP contribution < -0.4 is 4.90 Å². The van der Waals surface area contributed by atoms with Gasteiger partial charge in [0.25, 0.3) is 0 Å². The summed E-state index contributed by atoms with van der Waals surface area (Å²) in [6.07, 6.45) is -1.46. The number of alkyl halides is 3. The monoisotopic (exact) mass is 345 g/mol. The highest BCUT2D eigenvalue weighted by Crippen LogP contribution is 2.30. The van der Waals surface area contributed by atoms with Crippen LogP contribution in [-0.2, 0) is 11.0 Å². The molecular formula is C15H18F3N3OS. The molecule has 1 atom stereocenters. The normalized spacial score (nSPS) is 22.5. The number of hydrogen-bond donors (Lipinski definition) is 0. The summed E-state index contributed by atoms with van der Waals surface area (Å²) in [5.41, 5.74) is -0.742. The van der Waals surface area contributed by atoms with E-state index in [0.29, 0.717) is 32.0 Å². The number of carbonyl (C=O) groups is 1. The lowest BCUT2D eigenvalue weighted by atomic mass is 10.2. The Bertz CT molecular complexity index is 550. The number of aromatic nitrogens is 1. The molecule has 1 amide bonds. The number of piperazine rings is 1. The molecule has 2 fully saturated rings. The van der Waals surface area contributed by atoms with Crippen molar-refractivity contribution in [1.29, 1.82) is 0 Å². The molecule has 8 heteroatoms. The predicted molar refractivity (Wildman–Crippen MR) is 83.5 cm³/mol. The van der Waals surface area contributed by atoms with Crippen LogP contribution in [0.2, 0.25) is 0 Å². The van der Waals surface area contributed by atoms with Gasteiger partial charge in [-0.15, -0.1) is 11.8 Å². The Hall–Kier alpha value is -1.44. The molecule has 3 heterocycles. The first-order valence-electron chi connectivity index (χ1n) is 7.64. The first-order valence-corrected chi connectivity index (χ1v) is 8.68. The quantitative estimate of drug-likeness (QED) is 0.826. The van der Waals surface area contributed by atoms with Gasteiger partial charge in [-0.3, -0.25) is 4.79 Å². The zero-order valence-electron chi connectivity index (χ0n) is 12.6. The van der Waals surface area contributed by atoms with Crippen molar-refractivity contribution in [3.63, 3.8) is 0 Å². The molecule has 0 bridgehead atoms. The van der Waals surface area contributed by atoms with E-state index in [-0.39, 0.29) is 11.2 Å². The minimum atomic E-state index is -4.37. The van der Waals surface area contributed by atoms with Crippen molar-refractivity contribution in [2.45, 2.75) is 24.3 Å². The maximum Gasteiger partial charge on any atom is 0.417 e. The minimum absolute atomic E-state index is 0.0887. The Labute approximate surface area is 137 Å². The highest BCUT2D eigenvalue weighted by atomic mass is 32.2. The second kappa shape index (κ2) is 6.59. The van der Waals surface area contributed by atoms with E-state index in [4.69, 9.17) is 0 Å². The van der Waals surface area contributed by atoms with E-state index >= 15 is 0 Å². The van der Waals surface area contributed by atoms with Gasteiger partial charge < -0.3 is 9.80 Å². The number of anilines is 1. The molecule has 0 spiro atoms. The molecule has 0 aliphatic carbocycles. The third kappa shape index (κ3) is 3.73. The van der Waals surface area contributed by atoms with Crippen LogP contribution in [0.25, 0.3) is 0 Å². The van der Waals surface area contributed by atoms with Crippen LogP contribution >= 0.6 is 11.8 Å². The molecule has 2 aliphatic rings. The van der Waals surface area contributed by atoms with Crippen molar-refractivity contribution in [1.82, 2.24) is 9.88 Å². The smallest absolute Gasteiger partial charge is 0.353 e. The molecule has 0 saturated carbocycles. The van der Waals surface area contributed by atoms with E-state index < -0.39 is 11.7 Å². The zero-order chi connectivity index (χ0) is 16.4. The Kier molecular flexibility index (Phi) is 4.70. The lowest BCUT2D eigenvalue weighted by Crippen LogP contribution is -2.51. The molecule has 2 aliphatic heterocycles. The van der Waals surface area contributed by atoms with Gasteiger partial charge in [-0.25, -0.2) is 4.98 Å². The molecule has 0 unspecified atom stereocenters. The molecule has 1 aromatic rings. The average molecular weight is 345 g/mol. The van der Waals surface area contributed by atoms with E-state index in [0.717, 1.165) is 30.9 Å². The number of thioether (sulfide) groups is 1. The molecule has 4 nitrogen and oxygen atoms in total. The van der Waals surface area contributed by atoms with E-state index in [1.807, 2.05) is 9.80 Å². The van der Waals surface area contributed by atoms with Gasteiger partial charge in [0, 0.05) is 32.4 Å². The fourth-order valence-electron chi connectivity index (χ4n) is 2.87. The van der Waals surface area contributed by atoms with E-state index in [9.17, 15) is 18.0 Å². The van der Waals surface area contributed by atoms with Crippen molar-refractivity contribution in [2.24, 2.45) is 0 Å². The van der Waals surface area contributed by atoms with Gasteiger partial charge in [0.15, 0.2) is 0 Å². The predicted octanol–water partition coefficient (Wildman–Crippen LogP) is 2.64. The topological polar surface area (TPSA) is 36.4 Å². The van der Waals surface area contributed by atoms with Gasteiger partial charge in [-0.1, -0.05) is 0 Å². The van der Waals surface area contributed by atoms with Crippen LogP contribution in [-0.4, -0.2) is 53.0 Å². The Morgan fingerprint density at radius 2 is 1.96 bits per heavy atom. The number of nitrogens with zero attached hydrogens (tertiary/aromatic N) is 3. The fourth-order valence-corrected chi connectivity index (χ4v) is 4.12. The molecule has 0 N–H and O–H groups in total. The highest BCUT2D eigenvalue weighted by Gasteiger charge is 2.32. The number of pyridine rings is 1. The Morgan fingerprint density at radius 3 is 2.48 bits per heavy atom. The van der Waals surface area contributed by atoms with Crippen LogP contribution in [0, 0.1) is 0 Å². The van der Waals surface area contributed by atoms with Gasteiger partial charge in [0.2, 0.25) is 5.91 Å². The summed E-state index contributed by atoms with van der Waals surface area (Å²) >= 11 is 1.72. The molecule has 0 radical (unpaired) electrons. The van der Waals surface area contributed by atoms with E-state index in [1.54, 1.807) is 11.8 Å². The summed E-state index contributed by atoms with van der Waals surface area (Å²) < 4.78 is 37.7. The SMILES string of the molecule is O=C([C@H]1CCCS1)N1CCN(c2ccc(C(F)(F)F)cn2)CC1. The summed E-state index contributed by atoms with van der Waals surface area (Å²) in [4.78, 5) is 20.0. The van der Waals surface area contributed by atoms with Crippen molar-refractivity contribution in [2.75, 3.05) is 36.8 Å². The molecular weight excluding hydrogens is 327 g/mol. The largest absolute Gasteiger partial charge is 0.417 e. The van der Waals surface area contributed by atoms with Gasteiger partial charge in [0.1, 0.15) is 5.82 Å². The van der Waals surface area contributed by atoms with Crippen LogP contribution in [0.15, 0.2) is 18.3 Å². The van der Waals surface area contributed by atoms with Gasteiger partial charge in [-0.05, 0) is 30.7 Å². The van der Waals surface area contributed by atoms with Crippen molar-refractivity contribution in [3.8, 4) is 0 Å². The van der Waals surface area contributed by atoms with E-state index in [1.165, 1.54) is 6.07 Å². The van der Waals surface area contributed by atoms with Crippen LogP contribution in [0.5, 0.6) is 0 Å². The summed E-state index contributed by atoms with van der Waals surface area (Å²) in [7, 11) is 0. The summed E-state index contributed by atoms with van der Waals surface area (Å²) in [5.74, 6) is 1.78. The first kappa shape index (κ1) is 16.4. The van der Waals surface area contributed by atoms with E-state index in [2.05, 4.69) is 4.98 Å². The number of amides is 1. The maximum absolute atomic E-state index is 12.6. The molecule has 126 valence electrons. The molecule has 23 heavy (non-hydrogen) atoms. The molecule has 1 aromatic heterocycles. The number of rotatable bonds is 2. The van der Waals surface area contributed by atoms with Crippen LogP contribution in [0.1, 0.15) is 18.4 Å². The fraction of sp³-hybridized carbons (Fsp3) is 0.600. The lowest BCUT2D eigenvalue weighted by molar-refractivity contribution is -0.137. The third-order valence-electron chi connectivity index (χ3n) is 4.20. The van der Waals surface area contributed by atoms with Crippen molar-refractivity contribution >= 4 is 23.5 Å². The molecule has 3 rings (SSSR count). The van der Waals surface area contributed by atoms with Gasteiger partial charge >= 0.3 is 6.18 Å².